The van der Waals surface area contributed by atoms with E-state index in [4.69, 9.17) is 4.98 Å². The van der Waals surface area contributed by atoms with E-state index in [1.807, 2.05) is 41.0 Å². The first kappa shape index (κ1) is 17.2. The molecule has 3 heterocycles. The maximum absolute atomic E-state index is 13.7. The van der Waals surface area contributed by atoms with Crippen LogP contribution in [-0.4, -0.2) is 27.2 Å². The maximum atomic E-state index is 13.7. The van der Waals surface area contributed by atoms with E-state index in [2.05, 4.69) is 35.1 Å². The highest BCUT2D eigenvalue weighted by molar-refractivity contribution is 5.96. The Labute approximate surface area is 163 Å². The van der Waals surface area contributed by atoms with Crippen LogP contribution in [0, 0.1) is 0 Å². The fraction of sp³-hybridized carbons (Fsp3) is 0.304. The third-order valence-corrected chi connectivity index (χ3v) is 5.85. The number of benzene rings is 2. The molecule has 0 unspecified atom stereocenters. The summed E-state index contributed by atoms with van der Waals surface area (Å²) in [4.78, 5) is 18.5. The molecule has 1 aliphatic heterocycles. The first-order chi connectivity index (χ1) is 13.8. The summed E-state index contributed by atoms with van der Waals surface area (Å²) >= 11 is 0. The van der Waals surface area contributed by atoms with Crippen molar-refractivity contribution in [3.8, 4) is 11.3 Å². The van der Waals surface area contributed by atoms with Crippen molar-refractivity contribution in [2.24, 2.45) is 0 Å². The van der Waals surface area contributed by atoms with Crippen LogP contribution in [0.4, 0.5) is 0 Å². The lowest BCUT2D eigenvalue weighted by molar-refractivity contribution is 0.369. The molecule has 5 heteroatoms. The summed E-state index contributed by atoms with van der Waals surface area (Å²) in [5.41, 5.74) is 4.45. The number of hydrogen-bond donors (Lipinski definition) is 1. The summed E-state index contributed by atoms with van der Waals surface area (Å²) in [7, 11) is 0. The van der Waals surface area contributed by atoms with Crippen LogP contribution in [0.3, 0.4) is 0 Å². The van der Waals surface area contributed by atoms with Gasteiger partial charge in [-0.05, 0) is 51.1 Å². The third kappa shape index (κ3) is 2.66. The molecule has 2 aromatic carbocycles. The fourth-order valence-corrected chi connectivity index (χ4v) is 4.45. The minimum absolute atomic E-state index is 0.0182. The predicted octanol–water partition coefficient (Wildman–Crippen LogP) is 3.96. The van der Waals surface area contributed by atoms with Crippen LogP contribution in [0.5, 0.6) is 0 Å². The van der Waals surface area contributed by atoms with Gasteiger partial charge in [-0.2, -0.15) is 0 Å². The van der Waals surface area contributed by atoms with Crippen molar-refractivity contribution < 1.29 is 0 Å². The van der Waals surface area contributed by atoms with Gasteiger partial charge in [-0.1, -0.05) is 30.3 Å². The largest absolute Gasteiger partial charge is 0.347 e. The Morgan fingerprint density at radius 2 is 1.75 bits per heavy atom. The first-order valence-corrected chi connectivity index (χ1v) is 10.1. The predicted molar refractivity (Wildman–Crippen MR) is 114 cm³/mol. The van der Waals surface area contributed by atoms with Gasteiger partial charge in [0.15, 0.2) is 0 Å². The molecule has 28 heavy (non-hydrogen) atoms. The van der Waals surface area contributed by atoms with Gasteiger partial charge in [-0.3, -0.25) is 4.79 Å². The number of rotatable bonds is 3. The van der Waals surface area contributed by atoms with Crippen LogP contribution in [0.15, 0.2) is 59.5 Å². The van der Waals surface area contributed by atoms with Gasteiger partial charge in [0, 0.05) is 35.2 Å². The second-order valence-electron chi connectivity index (χ2n) is 7.45. The SMILES string of the molecule is CCn1cc(-c2nc3ccccc3n(C3CCNCC3)c2=O)c2ccccc21. The minimum atomic E-state index is 0.0182. The summed E-state index contributed by atoms with van der Waals surface area (Å²) in [5.74, 6) is 0. The Morgan fingerprint density at radius 1 is 1.04 bits per heavy atom. The summed E-state index contributed by atoms with van der Waals surface area (Å²) in [6, 6.07) is 16.5. The number of aryl methyl sites for hydroxylation is 1. The summed E-state index contributed by atoms with van der Waals surface area (Å²) in [6.07, 6.45) is 4.00. The fourth-order valence-electron chi connectivity index (χ4n) is 4.45. The van der Waals surface area contributed by atoms with E-state index in [1.54, 1.807) is 0 Å². The Bertz CT molecular complexity index is 1210. The average Bonchev–Trinajstić information content (AvgIpc) is 3.12. The Morgan fingerprint density at radius 3 is 2.54 bits per heavy atom. The molecule has 5 nitrogen and oxygen atoms in total. The lowest BCUT2D eigenvalue weighted by Gasteiger charge is -2.26. The molecule has 0 spiro atoms. The molecule has 1 N–H and O–H groups in total. The van der Waals surface area contributed by atoms with Crippen molar-refractivity contribution in [3.63, 3.8) is 0 Å². The van der Waals surface area contributed by atoms with Gasteiger partial charge < -0.3 is 14.5 Å². The van der Waals surface area contributed by atoms with Gasteiger partial charge in [0.05, 0.1) is 11.0 Å². The van der Waals surface area contributed by atoms with Gasteiger partial charge >= 0.3 is 0 Å². The van der Waals surface area contributed by atoms with E-state index < -0.39 is 0 Å². The van der Waals surface area contributed by atoms with Crippen LogP contribution in [-0.2, 0) is 6.54 Å². The van der Waals surface area contributed by atoms with Crippen molar-refractivity contribution in [2.75, 3.05) is 13.1 Å². The Kier molecular flexibility index (Phi) is 4.24. The van der Waals surface area contributed by atoms with Gasteiger partial charge in [-0.25, -0.2) is 4.98 Å². The monoisotopic (exact) mass is 372 g/mol. The number of fused-ring (bicyclic) bond motifs is 2. The van der Waals surface area contributed by atoms with E-state index >= 15 is 0 Å². The van der Waals surface area contributed by atoms with E-state index in [1.165, 1.54) is 0 Å². The highest BCUT2D eigenvalue weighted by atomic mass is 16.1. The van der Waals surface area contributed by atoms with Gasteiger partial charge in [0.25, 0.3) is 5.56 Å². The molecular formula is C23H24N4O. The molecule has 1 fully saturated rings. The average molecular weight is 372 g/mol. The van der Waals surface area contributed by atoms with Gasteiger partial charge in [0.2, 0.25) is 0 Å². The second-order valence-corrected chi connectivity index (χ2v) is 7.45. The molecule has 0 amide bonds. The van der Waals surface area contributed by atoms with Gasteiger partial charge in [-0.15, -0.1) is 0 Å². The van der Waals surface area contributed by atoms with Crippen LogP contribution >= 0.6 is 0 Å². The van der Waals surface area contributed by atoms with Crippen molar-refractivity contribution in [3.05, 3.63) is 65.1 Å². The number of aromatic nitrogens is 3. The van der Waals surface area contributed by atoms with E-state index in [9.17, 15) is 4.79 Å². The maximum Gasteiger partial charge on any atom is 0.277 e. The molecule has 0 bridgehead atoms. The molecule has 4 aromatic rings. The van der Waals surface area contributed by atoms with Crippen molar-refractivity contribution in [1.29, 1.82) is 0 Å². The smallest absolute Gasteiger partial charge is 0.277 e. The van der Waals surface area contributed by atoms with E-state index in [0.29, 0.717) is 5.69 Å². The first-order valence-electron chi connectivity index (χ1n) is 10.1. The standard InChI is InChI=1S/C23H24N4O/c1-2-26-15-18(17-7-3-5-9-20(17)26)22-23(28)27(16-11-13-24-14-12-16)21-10-6-4-8-19(21)25-22/h3-10,15-16,24H,2,11-14H2,1H3. The van der Waals surface area contributed by atoms with Crippen LogP contribution in [0.25, 0.3) is 33.2 Å². The number of nitrogens with zero attached hydrogens (tertiary/aromatic N) is 3. The Balaban J connectivity index is 1.82. The topological polar surface area (TPSA) is 51.9 Å². The number of piperidine rings is 1. The minimum Gasteiger partial charge on any atom is -0.347 e. The molecule has 0 radical (unpaired) electrons. The third-order valence-electron chi connectivity index (χ3n) is 5.85. The van der Waals surface area contributed by atoms with Crippen LogP contribution in [0.1, 0.15) is 25.8 Å². The summed E-state index contributed by atoms with van der Waals surface area (Å²) in [5, 5.41) is 4.48. The molecule has 0 saturated carbocycles. The van der Waals surface area contributed by atoms with Crippen molar-refractivity contribution in [1.82, 2.24) is 19.4 Å². The van der Waals surface area contributed by atoms with Crippen LogP contribution < -0.4 is 10.9 Å². The highest BCUT2D eigenvalue weighted by Crippen LogP contribution is 2.30. The second kappa shape index (κ2) is 6.91. The number of hydrogen-bond acceptors (Lipinski definition) is 3. The van der Waals surface area contributed by atoms with Crippen molar-refractivity contribution in [2.45, 2.75) is 32.4 Å². The van der Waals surface area contributed by atoms with E-state index in [0.717, 1.165) is 60.0 Å². The number of nitrogens with one attached hydrogen (secondary N) is 1. The molecular weight excluding hydrogens is 348 g/mol. The molecule has 1 saturated heterocycles. The summed E-state index contributed by atoms with van der Waals surface area (Å²) < 4.78 is 4.19. The Hall–Kier alpha value is -2.92. The molecule has 0 aliphatic carbocycles. The molecule has 1 aliphatic rings. The molecule has 2 aromatic heterocycles. The van der Waals surface area contributed by atoms with Gasteiger partial charge in [0.1, 0.15) is 5.69 Å². The number of para-hydroxylation sites is 3. The molecule has 5 rings (SSSR count). The van der Waals surface area contributed by atoms with Crippen molar-refractivity contribution >= 4 is 21.9 Å². The lowest BCUT2D eigenvalue weighted by Crippen LogP contribution is -2.35. The lowest BCUT2D eigenvalue weighted by atomic mass is 10.0. The van der Waals surface area contributed by atoms with E-state index in [-0.39, 0.29) is 11.6 Å². The zero-order valence-corrected chi connectivity index (χ0v) is 16.1. The summed E-state index contributed by atoms with van der Waals surface area (Å²) in [6.45, 7) is 4.87. The normalized spacial score (nSPS) is 15.5. The quantitative estimate of drug-likeness (QED) is 0.592. The van der Waals surface area contributed by atoms with Crippen LogP contribution in [0.2, 0.25) is 0 Å². The molecule has 0 atom stereocenters. The highest BCUT2D eigenvalue weighted by Gasteiger charge is 2.23. The zero-order chi connectivity index (χ0) is 19.1. The zero-order valence-electron chi connectivity index (χ0n) is 16.1. The molecule has 142 valence electrons.